The molecule has 94 valence electrons. The number of hydrogen-bond donors (Lipinski definition) is 0. The van der Waals surface area contributed by atoms with Crippen LogP contribution in [0.1, 0.15) is 53.9 Å². The maximum Gasteiger partial charge on any atom is 0.125 e. The van der Waals surface area contributed by atoms with Crippen molar-refractivity contribution in [1.29, 1.82) is 0 Å². The van der Waals surface area contributed by atoms with E-state index in [0.29, 0.717) is 12.1 Å². The van der Waals surface area contributed by atoms with Gasteiger partial charge >= 0.3 is 0 Å². The van der Waals surface area contributed by atoms with Crippen molar-refractivity contribution in [2.75, 3.05) is 6.54 Å². The normalized spacial score (nSPS) is 40.7. The van der Waals surface area contributed by atoms with Crippen molar-refractivity contribution in [3.05, 3.63) is 0 Å². The summed E-state index contributed by atoms with van der Waals surface area (Å²) in [6.45, 7) is 12.6. The van der Waals surface area contributed by atoms with Gasteiger partial charge in [0, 0.05) is 18.5 Å². The molecule has 1 heterocycles. The van der Waals surface area contributed by atoms with Crippen molar-refractivity contribution in [2.45, 2.75) is 71.8 Å². The Balaban J connectivity index is 2.27. The van der Waals surface area contributed by atoms with E-state index >= 15 is 0 Å². The first-order valence-electron chi connectivity index (χ1n) is 6.92. The topological polar surface area (TPSA) is 12.5 Å². The molecule has 0 amide bonds. The zero-order chi connectivity index (χ0) is 11.9. The Hall–Kier alpha value is -0.0800. The summed E-state index contributed by atoms with van der Waals surface area (Å²) in [6.07, 6.45) is 4.31. The molecule has 16 heavy (non-hydrogen) atoms. The van der Waals surface area contributed by atoms with Crippen LogP contribution >= 0.6 is 0 Å². The minimum Gasteiger partial charge on any atom is -0.356 e. The van der Waals surface area contributed by atoms with Gasteiger partial charge in [0.05, 0.1) is 6.10 Å². The second-order valence-corrected chi connectivity index (χ2v) is 6.26. The molecule has 2 nitrogen and oxygen atoms in total. The predicted molar refractivity (Wildman–Crippen MR) is 67.3 cm³/mol. The smallest absolute Gasteiger partial charge is 0.125 e. The van der Waals surface area contributed by atoms with E-state index < -0.39 is 0 Å². The van der Waals surface area contributed by atoms with E-state index in [-0.39, 0.29) is 5.72 Å². The molecular weight excluding hydrogens is 198 g/mol. The zero-order valence-corrected chi connectivity index (χ0v) is 11.5. The Morgan fingerprint density at radius 1 is 1.25 bits per heavy atom. The third-order valence-electron chi connectivity index (χ3n) is 4.40. The molecule has 1 spiro atoms. The van der Waals surface area contributed by atoms with E-state index in [9.17, 15) is 0 Å². The highest BCUT2D eigenvalue weighted by molar-refractivity contribution is 5.00. The lowest BCUT2D eigenvalue weighted by atomic mass is 9.86. The van der Waals surface area contributed by atoms with Crippen LogP contribution < -0.4 is 0 Å². The first kappa shape index (κ1) is 12.4. The Labute approximate surface area is 100 Å². The van der Waals surface area contributed by atoms with Crippen LogP contribution in [0.3, 0.4) is 0 Å². The summed E-state index contributed by atoms with van der Waals surface area (Å²) in [6, 6.07) is 0.601. The molecule has 0 unspecified atom stereocenters. The van der Waals surface area contributed by atoms with E-state index in [1.165, 1.54) is 19.3 Å². The molecule has 3 atom stereocenters. The molecule has 2 heteroatoms. The Bertz CT molecular complexity index is 251. The van der Waals surface area contributed by atoms with Crippen molar-refractivity contribution >= 4 is 0 Å². The van der Waals surface area contributed by atoms with Crippen LogP contribution in [-0.2, 0) is 4.74 Å². The summed E-state index contributed by atoms with van der Waals surface area (Å²) >= 11 is 0. The molecule has 0 bridgehead atoms. The molecule has 0 aromatic rings. The van der Waals surface area contributed by atoms with Crippen LogP contribution in [0.5, 0.6) is 0 Å². The van der Waals surface area contributed by atoms with Gasteiger partial charge in [0.25, 0.3) is 0 Å². The summed E-state index contributed by atoms with van der Waals surface area (Å²) in [5, 5.41) is 0. The third kappa shape index (κ3) is 1.80. The summed E-state index contributed by atoms with van der Waals surface area (Å²) in [5.41, 5.74) is 0.0712. The summed E-state index contributed by atoms with van der Waals surface area (Å²) in [7, 11) is 0. The fourth-order valence-corrected chi connectivity index (χ4v) is 3.88. The highest BCUT2D eigenvalue weighted by Crippen LogP contribution is 2.49. The van der Waals surface area contributed by atoms with Gasteiger partial charge in [0.2, 0.25) is 0 Å². The highest BCUT2D eigenvalue weighted by atomic mass is 16.5. The molecule has 0 aromatic heterocycles. The largest absolute Gasteiger partial charge is 0.356 e. The fraction of sp³-hybridized carbons (Fsp3) is 1.00. The van der Waals surface area contributed by atoms with Crippen LogP contribution in [0, 0.1) is 11.8 Å². The molecule has 2 fully saturated rings. The van der Waals surface area contributed by atoms with Crippen molar-refractivity contribution in [3.63, 3.8) is 0 Å². The van der Waals surface area contributed by atoms with E-state index in [4.69, 9.17) is 4.74 Å². The van der Waals surface area contributed by atoms with Gasteiger partial charge in [-0.25, -0.2) is 0 Å². The van der Waals surface area contributed by atoms with Gasteiger partial charge in [-0.3, -0.25) is 4.90 Å². The van der Waals surface area contributed by atoms with Crippen LogP contribution in [-0.4, -0.2) is 29.3 Å². The van der Waals surface area contributed by atoms with Crippen molar-refractivity contribution in [2.24, 2.45) is 11.8 Å². The van der Waals surface area contributed by atoms with Gasteiger partial charge in [0.15, 0.2) is 0 Å². The van der Waals surface area contributed by atoms with E-state index in [0.717, 1.165) is 18.4 Å². The van der Waals surface area contributed by atoms with Crippen molar-refractivity contribution < 1.29 is 4.74 Å². The molecule has 1 saturated heterocycles. The van der Waals surface area contributed by atoms with Crippen LogP contribution in [0.4, 0.5) is 0 Å². The molecule has 1 saturated carbocycles. The highest BCUT2D eigenvalue weighted by Gasteiger charge is 2.54. The van der Waals surface area contributed by atoms with Crippen molar-refractivity contribution in [3.8, 4) is 0 Å². The number of ether oxygens (including phenoxy) is 1. The second kappa shape index (κ2) is 4.30. The molecule has 2 aliphatic rings. The zero-order valence-electron chi connectivity index (χ0n) is 11.5. The SMILES string of the molecule is CC(C)[C@H]1CCC[C@]12O[C@H](C)CN2C(C)C. The molecule has 0 N–H and O–H groups in total. The Morgan fingerprint density at radius 2 is 1.94 bits per heavy atom. The number of nitrogens with zero attached hydrogens (tertiary/aromatic N) is 1. The van der Waals surface area contributed by atoms with E-state index in [1.54, 1.807) is 0 Å². The molecule has 0 aromatic carbocycles. The minimum atomic E-state index is 0.0712. The quantitative estimate of drug-likeness (QED) is 0.715. The van der Waals surface area contributed by atoms with Gasteiger partial charge in [-0.05, 0) is 46.0 Å². The lowest BCUT2D eigenvalue weighted by Gasteiger charge is -2.42. The summed E-state index contributed by atoms with van der Waals surface area (Å²) in [5.74, 6) is 1.45. The molecule has 1 aliphatic heterocycles. The minimum absolute atomic E-state index is 0.0712. The van der Waals surface area contributed by atoms with Gasteiger partial charge in [-0.15, -0.1) is 0 Å². The average molecular weight is 225 g/mol. The number of rotatable bonds is 2. The first-order valence-corrected chi connectivity index (χ1v) is 6.92. The maximum atomic E-state index is 6.38. The molecule has 0 radical (unpaired) electrons. The van der Waals surface area contributed by atoms with Gasteiger partial charge in [0.1, 0.15) is 5.72 Å². The maximum absolute atomic E-state index is 6.38. The average Bonchev–Trinajstić information content (AvgIpc) is 2.71. The van der Waals surface area contributed by atoms with Crippen LogP contribution in [0.25, 0.3) is 0 Å². The summed E-state index contributed by atoms with van der Waals surface area (Å²) in [4.78, 5) is 2.62. The molecule has 1 aliphatic carbocycles. The van der Waals surface area contributed by atoms with Gasteiger partial charge < -0.3 is 4.74 Å². The van der Waals surface area contributed by atoms with E-state index in [1.807, 2.05) is 0 Å². The Morgan fingerprint density at radius 3 is 2.50 bits per heavy atom. The fourth-order valence-electron chi connectivity index (χ4n) is 3.88. The standard InChI is InChI=1S/C14H27NO/c1-10(2)13-7-6-8-14(13)15(11(3)4)9-12(5)16-14/h10-13H,6-9H2,1-5H3/t12-,13-,14+/m1/s1. The van der Waals surface area contributed by atoms with Crippen LogP contribution in [0.15, 0.2) is 0 Å². The summed E-state index contributed by atoms with van der Waals surface area (Å²) < 4.78 is 6.38. The molecule has 2 rings (SSSR count). The van der Waals surface area contributed by atoms with Crippen molar-refractivity contribution in [1.82, 2.24) is 4.90 Å². The van der Waals surface area contributed by atoms with Gasteiger partial charge in [-0.1, -0.05) is 13.8 Å². The Kier molecular flexibility index (Phi) is 3.33. The monoisotopic (exact) mass is 225 g/mol. The lowest BCUT2D eigenvalue weighted by molar-refractivity contribution is -0.145. The second-order valence-electron chi connectivity index (χ2n) is 6.26. The van der Waals surface area contributed by atoms with Crippen LogP contribution in [0.2, 0.25) is 0 Å². The lowest BCUT2D eigenvalue weighted by Crippen LogP contribution is -2.52. The van der Waals surface area contributed by atoms with Gasteiger partial charge in [-0.2, -0.15) is 0 Å². The van der Waals surface area contributed by atoms with E-state index in [2.05, 4.69) is 39.5 Å². The molecular formula is C14H27NO. The predicted octanol–water partition coefficient (Wildman–Crippen LogP) is 3.27. The third-order valence-corrected chi connectivity index (χ3v) is 4.40. The number of hydrogen-bond acceptors (Lipinski definition) is 2. The first-order chi connectivity index (χ1) is 7.47.